The molecule has 4 rings (SSSR count). The number of nitrogens with zero attached hydrogens (tertiary/aromatic N) is 1. The van der Waals surface area contributed by atoms with Crippen molar-refractivity contribution in [2.45, 2.75) is 12.8 Å². The molecule has 0 atom stereocenters. The second kappa shape index (κ2) is 5.98. The van der Waals surface area contributed by atoms with E-state index in [1.54, 1.807) is 23.1 Å². The van der Waals surface area contributed by atoms with Gasteiger partial charge in [-0.25, -0.2) is 0 Å². The van der Waals surface area contributed by atoms with Gasteiger partial charge in [0.05, 0.1) is 13.2 Å². The minimum atomic E-state index is -0.912. The lowest BCUT2D eigenvalue weighted by Crippen LogP contribution is -2.47. The summed E-state index contributed by atoms with van der Waals surface area (Å²) < 4.78 is 16.3. The van der Waals surface area contributed by atoms with E-state index in [0.29, 0.717) is 69.5 Å². The van der Waals surface area contributed by atoms with Crippen molar-refractivity contribution in [3.05, 3.63) is 18.2 Å². The van der Waals surface area contributed by atoms with Crippen LogP contribution in [0.4, 0.5) is 5.69 Å². The number of hydrogen-bond donors (Lipinski definition) is 1. The van der Waals surface area contributed by atoms with Crippen molar-refractivity contribution in [3.63, 3.8) is 0 Å². The average Bonchev–Trinajstić information content (AvgIpc) is 3.44. The molecule has 0 aromatic heterocycles. The zero-order valence-electron chi connectivity index (χ0n) is 13.4. The summed E-state index contributed by atoms with van der Waals surface area (Å²) >= 11 is 0. The van der Waals surface area contributed by atoms with Crippen LogP contribution in [0.2, 0.25) is 0 Å². The number of amides is 2. The zero-order valence-corrected chi connectivity index (χ0v) is 13.4. The number of ether oxygens (including phenoxy) is 3. The van der Waals surface area contributed by atoms with Gasteiger partial charge in [-0.1, -0.05) is 0 Å². The summed E-state index contributed by atoms with van der Waals surface area (Å²) in [6.45, 7) is 3.19. The minimum Gasteiger partial charge on any atom is -0.486 e. The van der Waals surface area contributed by atoms with Gasteiger partial charge in [-0.05, 0) is 25.0 Å². The predicted molar refractivity (Wildman–Crippen MR) is 85.1 cm³/mol. The molecule has 24 heavy (non-hydrogen) atoms. The quantitative estimate of drug-likeness (QED) is 0.837. The van der Waals surface area contributed by atoms with Gasteiger partial charge in [0, 0.05) is 24.8 Å². The van der Waals surface area contributed by atoms with E-state index in [0.717, 1.165) is 0 Å². The van der Waals surface area contributed by atoms with E-state index in [1.807, 2.05) is 0 Å². The van der Waals surface area contributed by atoms with Gasteiger partial charge in [0.25, 0.3) is 0 Å². The predicted octanol–water partition coefficient (Wildman–Crippen LogP) is 1.04. The first kappa shape index (κ1) is 15.3. The number of carbonyl (C=O) groups is 2. The third-order valence-corrected chi connectivity index (χ3v) is 4.69. The minimum absolute atomic E-state index is 0.0826. The van der Waals surface area contributed by atoms with Crippen LogP contribution in [0.25, 0.3) is 0 Å². The van der Waals surface area contributed by atoms with E-state index in [2.05, 4.69) is 5.32 Å². The van der Waals surface area contributed by atoms with E-state index in [9.17, 15) is 9.59 Å². The van der Waals surface area contributed by atoms with Crippen molar-refractivity contribution < 1.29 is 23.8 Å². The molecule has 0 spiro atoms. The number of anilines is 1. The number of fused-ring (bicyclic) bond motifs is 1. The highest BCUT2D eigenvalue weighted by Crippen LogP contribution is 2.48. The van der Waals surface area contributed by atoms with Crippen LogP contribution >= 0.6 is 0 Å². The monoisotopic (exact) mass is 332 g/mol. The number of morpholine rings is 1. The molecule has 2 aliphatic heterocycles. The van der Waals surface area contributed by atoms with Crippen molar-refractivity contribution in [1.29, 1.82) is 0 Å². The van der Waals surface area contributed by atoms with Gasteiger partial charge < -0.3 is 24.4 Å². The Hall–Kier alpha value is -2.28. The Morgan fingerprint density at radius 3 is 2.42 bits per heavy atom. The Bertz CT molecular complexity index is 665. The van der Waals surface area contributed by atoms with E-state index in [-0.39, 0.29) is 11.8 Å². The van der Waals surface area contributed by atoms with Crippen molar-refractivity contribution in [3.8, 4) is 11.5 Å². The molecule has 1 aromatic carbocycles. The Kier molecular flexibility index (Phi) is 3.80. The lowest BCUT2D eigenvalue weighted by molar-refractivity contribution is -0.145. The van der Waals surface area contributed by atoms with Crippen LogP contribution in [-0.2, 0) is 14.3 Å². The molecule has 1 N–H and O–H groups in total. The maximum atomic E-state index is 12.7. The number of hydrogen-bond acceptors (Lipinski definition) is 5. The molecule has 2 heterocycles. The molecular weight excluding hydrogens is 312 g/mol. The Morgan fingerprint density at radius 1 is 1.00 bits per heavy atom. The maximum Gasteiger partial charge on any atom is 0.240 e. The van der Waals surface area contributed by atoms with Gasteiger partial charge in [-0.2, -0.15) is 0 Å². The molecule has 0 bridgehead atoms. The first-order valence-corrected chi connectivity index (χ1v) is 8.27. The first-order valence-electron chi connectivity index (χ1n) is 8.27. The van der Waals surface area contributed by atoms with Gasteiger partial charge in [0.2, 0.25) is 11.8 Å². The third kappa shape index (κ3) is 2.69. The largest absolute Gasteiger partial charge is 0.486 e. The van der Waals surface area contributed by atoms with Crippen LogP contribution in [0.1, 0.15) is 12.8 Å². The standard InChI is InChI=1S/C17H20N2O5/c20-15(17(3-4-17)16(21)19-5-7-22-8-6-19)18-12-1-2-13-14(11-12)24-10-9-23-13/h1-2,11H,3-10H2,(H,18,20). The molecule has 1 aromatic rings. The number of rotatable bonds is 3. The number of carbonyl (C=O) groups excluding carboxylic acids is 2. The summed E-state index contributed by atoms with van der Waals surface area (Å²) in [5.41, 5.74) is -0.296. The highest BCUT2D eigenvalue weighted by molar-refractivity contribution is 6.13. The second-order valence-electron chi connectivity index (χ2n) is 6.30. The molecular formula is C17H20N2O5. The summed E-state index contributed by atoms with van der Waals surface area (Å²) in [4.78, 5) is 27.1. The molecule has 2 amide bonds. The zero-order chi connectivity index (χ0) is 16.6. The summed E-state index contributed by atoms with van der Waals surface area (Å²) in [6, 6.07) is 5.27. The molecule has 1 saturated heterocycles. The van der Waals surface area contributed by atoms with Gasteiger partial charge in [-0.15, -0.1) is 0 Å². The Morgan fingerprint density at radius 2 is 1.71 bits per heavy atom. The van der Waals surface area contributed by atoms with Crippen LogP contribution < -0.4 is 14.8 Å². The number of nitrogens with one attached hydrogen (secondary N) is 1. The molecule has 7 nitrogen and oxygen atoms in total. The van der Waals surface area contributed by atoms with Gasteiger partial charge >= 0.3 is 0 Å². The Labute approximate surface area is 139 Å². The fourth-order valence-corrected chi connectivity index (χ4v) is 3.10. The van der Waals surface area contributed by atoms with Crippen LogP contribution in [0.5, 0.6) is 11.5 Å². The van der Waals surface area contributed by atoms with Gasteiger partial charge in [0.1, 0.15) is 18.6 Å². The molecule has 2 fully saturated rings. The van der Waals surface area contributed by atoms with Crippen LogP contribution in [0.15, 0.2) is 18.2 Å². The summed E-state index contributed by atoms with van der Waals surface area (Å²) in [7, 11) is 0. The van der Waals surface area contributed by atoms with E-state index in [4.69, 9.17) is 14.2 Å². The molecule has 1 saturated carbocycles. The highest BCUT2D eigenvalue weighted by atomic mass is 16.6. The molecule has 128 valence electrons. The van der Waals surface area contributed by atoms with Gasteiger partial charge in [-0.3, -0.25) is 9.59 Å². The first-order chi connectivity index (χ1) is 11.7. The molecule has 0 unspecified atom stereocenters. The molecule has 0 radical (unpaired) electrons. The SMILES string of the molecule is O=C(Nc1ccc2c(c1)OCCO2)C1(C(=O)N2CCOCC2)CC1. The molecule has 7 heteroatoms. The third-order valence-electron chi connectivity index (χ3n) is 4.69. The summed E-state index contributed by atoms with van der Waals surface area (Å²) in [5.74, 6) is 0.963. The fourth-order valence-electron chi connectivity index (χ4n) is 3.10. The topological polar surface area (TPSA) is 77.1 Å². The summed E-state index contributed by atoms with van der Waals surface area (Å²) in [5, 5.41) is 2.86. The fraction of sp³-hybridized carbons (Fsp3) is 0.529. The number of benzene rings is 1. The van der Waals surface area contributed by atoms with Crippen molar-refractivity contribution in [2.24, 2.45) is 5.41 Å². The highest BCUT2D eigenvalue weighted by Gasteiger charge is 2.58. The average molecular weight is 332 g/mol. The van der Waals surface area contributed by atoms with Crippen molar-refractivity contribution >= 4 is 17.5 Å². The van der Waals surface area contributed by atoms with E-state index < -0.39 is 5.41 Å². The normalized spacial score (nSPS) is 21.1. The second-order valence-corrected chi connectivity index (χ2v) is 6.30. The van der Waals surface area contributed by atoms with Gasteiger partial charge in [0.15, 0.2) is 11.5 Å². The smallest absolute Gasteiger partial charge is 0.240 e. The maximum absolute atomic E-state index is 12.7. The lowest BCUT2D eigenvalue weighted by atomic mass is 10.0. The Balaban J connectivity index is 1.46. The van der Waals surface area contributed by atoms with E-state index in [1.165, 1.54) is 0 Å². The van der Waals surface area contributed by atoms with Crippen LogP contribution in [0, 0.1) is 5.41 Å². The summed E-state index contributed by atoms with van der Waals surface area (Å²) in [6.07, 6.45) is 1.19. The van der Waals surface area contributed by atoms with E-state index >= 15 is 0 Å². The molecule has 3 aliphatic rings. The molecule has 1 aliphatic carbocycles. The lowest BCUT2D eigenvalue weighted by Gasteiger charge is -2.30. The van der Waals surface area contributed by atoms with Crippen molar-refractivity contribution in [1.82, 2.24) is 4.90 Å². The van der Waals surface area contributed by atoms with Crippen LogP contribution in [0.3, 0.4) is 0 Å². The van der Waals surface area contributed by atoms with Crippen molar-refractivity contribution in [2.75, 3.05) is 44.8 Å². The van der Waals surface area contributed by atoms with Crippen LogP contribution in [-0.4, -0.2) is 56.2 Å².